The van der Waals surface area contributed by atoms with Gasteiger partial charge in [0, 0.05) is 18.6 Å². The number of carbonyl (C=O) groups is 1. The molecule has 23 heavy (non-hydrogen) atoms. The summed E-state index contributed by atoms with van der Waals surface area (Å²) >= 11 is 0. The monoisotopic (exact) mass is 340 g/mol. The molecule has 1 atom stereocenters. The summed E-state index contributed by atoms with van der Waals surface area (Å²) in [6, 6.07) is 4.04. The minimum atomic E-state index is -2.98. The zero-order valence-corrected chi connectivity index (χ0v) is 14.3. The van der Waals surface area contributed by atoms with Crippen LogP contribution in [0.25, 0.3) is 0 Å². The Labute approximate surface area is 137 Å². The third-order valence-corrected chi connectivity index (χ3v) is 6.40. The van der Waals surface area contributed by atoms with Crippen LogP contribution in [0.5, 0.6) is 0 Å². The molecule has 0 aromatic carbocycles. The second-order valence-corrected chi connectivity index (χ2v) is 8.68. The molecule has 128 valence electrons. The maximum atomic E-state index is 12.7. The van der Waals surface area contributed by atoms with Crippen molar-refractivity contribution in [3.05, 3.63) is 24.2 Å². The van der Waals surface area contributed by atoms with E-state index in [1.807, 2.05) is 19.1 Å². The van der Waals surface area contributed by atoms with Crippen molar-refractivity contribution >= 4 is 15.7 Å². The van der Waals surface area contributed by atoms with Gasteiger partial charge in [-0.05, 0) is 38.3 Å². The first-order chi connectivity index (χ1) is 11.0. The molecule has 0 N–H and O–H groups in total. The fraction of sp³-hybridized carbons (Fsp3) is 0.688. The summed E-state index contributed by atoms with van der Waals surface area (Å²) in [4.78, 5) is 16.6. The maximum absolute atomic E-state index is 12.7. The largest absolute Gasteiger partial charge is 0.468 e. The van der Waals surface area contributed by atoms with Crippen LogP contribution in [0.3, 0.4) is 0 Å². The molecule has 2 aliphatic rings. The summed E-state index contributed by atoms with van der Waals surface area (Å²) in [7, 11) is -2.98. The Morgan fingerprint density at radius 3 is 2.61 bits per heavy atom. The van der Waals surface area contributed by atoms with E-state index in [1.54, 1.807) is 11.2 Å². The number of hydrogen-bond donors (Lipinski definition) is 0. The molecule has 7 heteroatoms. The topological polar surface area (TPSA) is 70.8 Å². The quantitative estimate of drug-likeness (QED) is 0.748. The number of carbonyl (C=O) groups excluding carboxylic acids is 1. The zero-order valence-electron chi connectivity index (χ0n) is 13.5. The minimum absolute atomic E-state index is 0.0213. The van der Waals surface area contributed by atoms with Crippen molar-refractivity contribution in [2.45, 2.75) is 44.8 Å². The smallest absolute Gasteiger partial charge is 0.237 e. The Kier molecular flexibility index (Phi) is 4.77. The number of sulfone groups is 1. The minimum Gasteiger partial charge on any atom is -0.468 e. The number of hydrogen-bond acceptors (Lipinski definition) is 5. The Balaban J connectivity index is 1.63. The van der Waals surface area contributed by atoms with E-state index in [1.165, 1.54) is 0 Å². The van der Waals surface area contributed by atoms with Crippen LogP contribution in [0, 0.1) is 0 Å². The van der Waals surface area contributed by atoms with Gasteiger partial charge in [-0.1, -0.05) is 0 Å². The first kappa shape index (κ1) is 16.5. The van der Waals surface area contributed by atoms with Gasteiger partial charge >= 0.3 is 0 Å². The highest BCUT2D eigenvalue weighted by atomic mass is 32.2. The van der Waals surface area contributed by atoms with Crippen molar-refractivity contribution in [1.82, 2.24) is 9.80 Å². The third-order valence-electron chi connectivity index (χ3n) is 4.65. The molecule has 1 aliphatic carbocycles. The van der Waals surface area contributed by atoms with Gasteiger partial charge in [0.15, 0.2) is 9.84 Å². The molecule has 3 rings (SSSR count). The number of amides is 1. The van der Waals surface area contributed by atoms with Crippen molar-refractivity contribution in [3.8, 4) is 0 Å². The van der Waals surface area contributed by atoms with Crippen molar-refractivity contribution in [2.75, 3.05) is 24.6 Å². The van der Waals surface area contributed by atoms with Gasteiger partial charge in [-0.25, -0.2) is 8.42 Å². The van der Waals surface area contributed by atoms with Gasteiger partial charge in [-0.2, -0.15) is 0 Å². The van der Waals surface area contributed by atoms with Crippen LogP contribution in [0.1, 0.15) is 31.9 Å². The predicted octanol–water partition coefficient (Wildman–Crippen LogP) is 1.28. The fourth-order valence-corrected chi connectivity index (χ4v) is 5.01. The predicted molar refractivity (Wildman–Crippen MR) is 86.6 cm³/mol. The SMILES string of the molecule is CCN(C(=O)CN(Cc1ccco1)C1CC1)[C@H]1CCS(=O)(=O)C1. The summed E-state index contributed by atoms with van der Waals surface area (Å²) in [5.41, 5.74) is 0. The van der Waals surface area contributed by atoms with Gasteiger partial charge in [-0.15, -0.1) is 0 Å². The van der Waals surface area contributed by atoms with E-state index in [2.05, 4.69) is 4.90 Å². The molecule has 1 saturated heterocycles. The Hall–Kier alpha value is -1.34. The lowest BCUT2D eigenvalue weighted by Crippen LogP contribution is -2.46. The summed E-state index contributed by atoms with van der Waals surface area (Å²) in [5, 5.41) is 0. The number of nitrogens with zero attached hydrogens (tertiary/aromatic N) is 2. The second-order valence-electron chi connectivity index (χ2n) is 6.45. The van der Waals surface area contributed by atoms with Crippen LogP contribution >= 0.6 is 0 Å². The molecule has 1 aliphatic heterocycles. The molecule has 0 bridgehead atoms. The molecular weight excluding hydrogens is 316 g/mol. The lowest BCUT2D eigenvalue weighted by atomic mass is 10.2. The van der Waals surface area contributed by atoms with Gasteiger partial charge in [0.25, 0.3) is 0 Å². The van der Waals surface area contributed by atoms with Crippen LogP contribution in [0.2, 0.25) is 0 Å². The number of likely N-dealkylation sites (N-methyl/N-ethyl adjacent to an activating group) is 1. The van der Waals surface area contributed by atoms with E-state index in [4.69, 9.17) is 4.42 Å². The molecule has 0 unspecified atom stereocenters. The Morgan fingerprint density at radius 2 is 2.09 bits per heavy atom. The Bertz CT molecular complexity index is 637. The number of rotatable bonds is 7. The molecular formula is C16H24N2O4S. The van der Waals surface area contributed by atoms with Gasteiger partial charge in [-0.3, -0.25) is 9.69 Å². The Morgan fingerprint density at radius 1 is 1.30 bits per heavy atom. The van der Waals surface area contributed by atoms with Crippen molar-refractivity contribution in [1.29, 1.82) is 0 Å². The normalized spacial score (nSPS) is 23.3. The molecule has 1 amide bonds. The lowest BCUT2D eigenvalue weighted by Gasteiger charge is -2.30. The second kappa shape index (κ2) is 6.65. The van der Waals surface area contributed by atoms with E-state index in [0.717, 1.165) is 18.6 Å². The molecule has 0 spiro atoms. The molecule has 1 saturated carbocycles. The van der Waals surface area contributed by atoms with Crippen LogP contribution in [0.15, 0.2) is 22.8 Å². The van der Waals surface area contributed by atoms with Crippen LogP contribution in [-0.4, -0.2) is 60.8 Å². The van der Waals surface area contributed by atoms with E-state index >= 15 is 0 Å². The van der Waals surface area contributed by atoms with Crippen LogP contribution < -0.4 is 0 Å². The number of furan rings is 1. The third kappa shape index (κ3) is 4.14. The van der Waals surface area contributed by atoms with Crippen LogP contribution in [-0.2, 0) is 21.2 Å². The summed E-state index contributed by atoms with van der Waals surface area (Å²) in [5.74, 6) is 1.18. The first-order valence-corrected chi connectivity index (χ1v) is 10.1. The van der Waals surface area contributed by atoms with Crippen molar-refractivity contribution in [2.24, 2.45) is 0 Å². The summed E-state index contributed by atoms with van der Waals surface area (Å²) in [6.07, 6.45) is 4.42. The van der Waals surface area contributed by atoms with Gasteiger partial charge in [0.05, 0.1) is 30.9 Å². The summed E-state index contributed by atoms with van der Waals surface area (Å²) in [6.45, 7) is 3.43. The molecule has 1 aromatic heterocycles. The molecule has 2 heterocycles. The van der Waals surface area contributed by atoms with Crippen LogP contribution in [0.4, 0.5) is 0 Å². The average Bonchev–Trinajstić information content (AvgIpc) is 3.11. The average molecular weight is 340 g/mol. The molecule has 2 fully saturated rings. The van der Waals surface area contributed by atoms with Crippen molar-refractivity contribution < 1.29 is 17.6 Å². The van der Waals surface area contributed by atoms with Crippen molar-refractivity contribution in [3.63, 3.8) is 0 Å². The van der Waals surface area contributed by atoms with E-state index in [-0.39, 0.29) is 23.5 Å². The van der Waals surface area contributed by atoms with E-state index in [0.29, 0.717) is 32.1 Å². The highest BCUT2D eigenvalue weighted by Crippen LogP contribution is 2.28. The van der Waals surface area contributed by atoms with E-state index in [9.17, 15) is 13.2 Å². The van der Waals surface area contributed by atoms with Gasteiger partial charge in [0.2, 0.25) is 5.91 Å². The first-order valence-electron chi connectivity index (χ1n) is 8.25. The molecule has 0 radical (unpaired) electrons. The highest BCUT2D eigenvalue weighted by Gasteiger charge is 2.36. The van der Waals surface area contributed by atoms with Gasteiger partial charge in [0.1, 0.15) is 5.76 Å². The van der Waals surface area contributed by atoms with Gasteiger partial charge < -0.3 is 9.32 Å². The fourth-order valence-electron chi connectivity index (χ4n) is 3.28. The maximum Gasteiger partial charge on any atom is 0.237 e. The van der Waals surface area contributed by atoms with E-state index < -0.39 is 9.84 Å². The molecule has 1 aromatic rings. The standard InChI is InChI=1S/C16H24N2O4S/c1-2-18(14-7-9-23(20,21)12-14)16(19)11-17(13-5-6-13)10-15-4-3-8-22-15/h3-4,8,13-14H,2,5-7,9-12H2,1H3/t14-/m0/s1. The summed E-state index contributed by atoms with van der Waals surface area (Å²) < 4.78 is 28.7. The lowest BCUT2D eigenvalue weighted by molar-refractivity contribution is -0.134. The zero-order chi connectivity index (χ0) is 16.4. The highest BCUT2D eigenvalue weighted by molar-refractivity contribution is 7.91. The molecule has 6 nitrogen and oxygen atoms in total.